The standard InChI is InChI=1S/C21H23N5O3S/c1-14(27)23-16-8-9-17-18(12-16)30-20(24-17)25-19(28)10-11-22-21(29)26(2)13-15-6-4-3-5-7-15/h3-9,12H,10-11,13H2,1-2H3,(H,22,29)(H,23,27)(H,24,25,28). The number of fused-ring (bicyclic) bond motifs is 1. The third kappa shape index (κ3) is 6.02. The highest BCUT2D eigenvalue weighted by Crippen LogP contribution is 2.28. The van der Waals surface area contributed by atoms with Gasteiger partial charge in [0.2, 0.25) is 11.8 Å². The molecule has 0 aliphatic carbocycles. The number of hydrogen-bond acceptors (Lipinski definition) is 5. The van der Waals surface area contributed by atoms with E-state index < -0.39 is 0 Å². The number of amides is 4. The highest BCUT2D eigenvalue weighted by Gasteiger charge is 2.11. The molecule has 3 aromatic rings. The molecule has 0 unspecified atom stereocenters. The molecular weight excluding hydrogens is 402 g/mol. The quantitative estimate of drug-likeness (QED) is 0.540. The zero-order chi connectivity index (χ0) is 21.5. The molecule has 0 fully saturated rings. The van der Waals surface area contributed by atoms with Crippen molar-refractivity contribution in [1.29, 1.82) is 0 Å². The minimum atomic E-state index is -0.239. The molecule has 1 aromatic heterocycles. The predicted molar refractivity (Wildman–Crippen MR) is 118 cm³/mol. The molecule has 156 valence electrons. The number of carbonyl (C=O) groups excluding carboxylic acids is 3. The Kier molecular flexibility index (Phi) is 6.97. The lowest BCUT2D eigenvalue weighted by molar-refractivity contribution is -0.116. The van der Waals surface area contributed by atoms with Crippen molar-refractivity contribution in [2.45, 2.75) is 19.9 Å². The van der Waals surface area contributed by atoms with E-state index in [0.29, 0.717) is 17.4 Å². The normalized spacial score (nSPS) is 10.5. The van der Waals surface area contributed by atoms with Gasteiger partial charge < -0.3 is 20.9 Å². The predicted octanol–water partition coefficient (Wildman–Crippen LogP) is 3.42. The van der Waals surface area contributed by atoms with Crippen LogP contribution in [-0.4, -0.2) is 41.3 Å². The van der Waals surface area contributed by atoms with Crippen LogP contribution in [0.4, 0.5) is 15.6 Å². The average molecular weight is 426 g/mol. The minimum Gasteiger partial charge on any atom is -0.337 e. The van der Waals surface area contributed by atoms with Crippen molar-refractivity contribution in [3.8, 4) is 0 Å². The van der Waals surface area contributed by atoms with Crippen LogP contribution in [0.2, 0.25) is 0 Å². The number of benzene rings is 2. The first-order chi connectivity index (χ1) is 14.4. The summed E-state index contributed by atoms with van der Waals surface area (Å²) in [7, 11) is 1.71. The highest BCUT2D eigenvalue weighted by atomic mass is 32.1. The van der Waals surface area contributed by atoms with Crippen molar-refractivity contribution >= 4 is 50.2 Å². The van der Waals surface area contributed by atoms with Crippen molar-refractivity contribution in [2.24, 2.45) is 0 Å². The summed E-state index contributed by atoms with van der Waals surface area (Å²) in [5.41, 5.74) is 2.45. The van der Waals surface area contributed by atoms with Gasteiger partial charge in [0.15, 0.2) is 5.13 Å². The Morgan fingerprint density at radius 1 is 1.07 bits per heavy atom. The molecule has 1 heterocycles. The number of hydrogen-bond donors (Lipinski definition) is 3. The summed E-state index contributed by atoms with van der Waals surface area (Å²) in [4.78, 5) is 41.4. The zero-order valence-corrected chi connectivity index (χ0v) is 17.6. The fourth-order valence-corrected chi connectivity index (χ4v) is 3.71. The van der Waals surface area contributed by atoms with E-state index >= 15 is 0 Å². The summed E-state index contributed by atoms with van der Waals surface area (Å²) < 4.78 is 0.854. The topological polar surface area (TPSA) is 103 Å². The van der Waals surface area contributed by atoms with Crippen molar-refractivity contribution in [3.05, 3.63) is 54.1 Å². The van der Waals surface area contributed by atoms with Crippen LogP contribution in [0.1, 0.15) is 18.9 Å². The summed E-state index contributed by atoms with van der Waals surface area (Å²) in [6, 6.07) is 14.8. The van der Waals surface area contributed by atoms with E-state index in [1.54, 1.807) is 24.1 Å². The van der Waals surface area contributed by atoms with Gasteiger partial charge in [0, 0.05) is 39.2 Å². The molecule has 0 bridgehead atoms. The van der Waals surface area contributed by atoms with E-state index in [-0.39, 0.29) is 30.8 Å². The molecule has 0 atom stereocenters. The summed E-state index contributed by atoms with van der Waals surface area (Å²) in [5.74, 6) is -0.383. The monoisotopic (exact) mass is 425 g/mol. The van der Waals surface area contributed by atoms with Gasteiger partial charge in [0.1, 0.15) is 0 Å². The number of nitrogens with zero attached hydrogens (tertiary/aromatic N) is 2. The van der Waals surface area contributed by atoms with E-state index in [1.165, 1.54) is 18.3 Å². The molecule has 8 nitrogen and oxygen atoms in total. The third-order valence-electron chi connectivity index (χ3n) is 4.19. The number of urea groups is 1. The molecule has 30 heavy (non-hydrogen) atoms. The lowest BCUT2D eigenvalue weighted by Gasteiger charge is -2.17. The Labute approximate surface area is 178 Å². The number of carbonyl (C=O) groups is 3. The summed E-state index contributed by atoms with van der Waals surface area (Å²) in [6.45, 7) is 2.16. The molecule has 0 radical (unpaired) electrons. The van der Waals surface area contributed by atoms with Gasteiger partial charge >= 0.3 is 6.03 Å². The van der Waals surface area contributed by atoms with Crippen LogP contribution in [-0.2, 0) is 16.1 Å². The SMILES string of the molecule is CC(=O)Nc1ccc2nc(NC(=O)CCNC(=O)N(C)Cc3ccccc3)sc2c1. The molecule has 0 spiro atoms. The lowest BCUT2D eigenvalue weighted by atomic mass is 10.2. The summed E-state index contributed by atoms with van der Waals surface area (Å²) in [5, 5.41) is 8.68. The Balaban J connectivity index is 1.46. The average Bonchev–Trinajstić information content (AvgIpc) is 3.09. The fourth-order valence-electron chi connectivity index (χ4n) is 2.79. The van der Waals surface area contributed by atoms with E-state index in [4.69, 9.17) is 0 Å². The molecule has 9 heteroatoms. The number of nitrogens with one attached hydrogen (secondary N) is 3. The second kappa shape index (κ2) is 9.84. The Morgan fingerprint density at radius 3 is 2.57 bits per heavy atom. The van der Waals surface area contributed by atoms with Gasteiger partial charge in [-0.25, -0.2) is 9.78 Å². The molecule has 4 amide bonds. The van der Waals surface area contributed by atoms with Crippen LogP contribution in [0.5, 0.6) is 0 Å². The second-order valence-electron chi connectivity index (χ2n) is 6.75. The fraction of sp³-hybridized carbons (Fsp3) is 0.238. The second-order valence-corrected chi connectivity index (χ2v) is 7.79. The number of anilines is 2. The van der Waals surface area contributed by atoms with Crippen molar-refractivity contribution < 1.29 is 14.4 Å². The van der Waals surface area contributed by atoms with E-state index in [0.717, 1.165) is 15.8 Å². The van der Waals surface area contributed by atoms with Gasteiger partial charge in [-0.05, 0) is 23.8 Å². The molecule has 0 saturated heterocycles. The van der Waals surface area contributed by atoms with Crippen LogP contribution < -0.4 is 16.0 Å². The van der Waals surface area contributed by atoms with E-state index in [2.05, 4.69) is 20.9 Å². The Hall–Kier alpha value is -3.46. The van der Waals surface area contributed by atoms with Crippen LogP contribution in [0.25, 0.3) is 10.2 Å². The molecule has 3 N–H and O–H groups in total. The van der Waals surface area contributed by atoms with E-state index in [1.807, 2.05) is 36.4 Å². The van der Waals surface area contributed by atoms with Gasteiger partial charge in [-0.2, -0.15) is 0 Å². The van der Waals surface area contributed by atoms with Gasteiger partial charge in [-0.15, -0.1) is 0 Å². The lowest BCUT2D eigenvalue weighted by Crippen LogP contribution is -2.38. The summed E-state index contributed by atoms with van der Waals surface area (Å²) >= 11 is 1.32. The van der Waals surface area contributed by atoms with Crippen molar-refractivity contribution in [3.63, 3.8) is 0 Å². The first-order valence-electron chi connectivity index (χ1n) is 9.41. The maximum Gasteiger partial charge on any atom is 0.317 e. The number of rotatable bonds is 7. The minimum absolute atomic E-state index is 0.137. The van der Waals surface area contributed by atoms with Gasteiger partial charge in [0.25, 0.3) is 0 Å². The van der Waals surface area contributed by atoms with Crippen LogP contribution in [0.15, 0.2) is 48.5 Å². The third-order valence-corrected chi connectivity index (χ3v) is 5.13. The highest BCUT2D eigenvalue weighted by molar-refractivity contribution is 7.22. The Morgan fingerprint density at radius 2 is 1.83 bits per heavy atom. The van der Waals surface area contributed by atoms with Crippen molar-refractivity contribution in [1.82, 2.24) is 15.2 Å². The Bertz CT molecular complexity index is 1050. The molecule has 3 rings (SSSR count). The molecule has 0 aliphatic rings. The zero-order valence-electron chi connectivity index (χ0n) is 16.8. The van der Waals surface area contributed by atoms with Crippen LogP contribution in [0, 0.1) is 0 Å². The molecule has 2 aromatic carbocycles. The van der Waals surface area contributed by atoms with Crippen LogP contribution >= 0.6 is 11.3 Å². The smallest absolute Gasteiger partial charge is 0.317 e. The van der Waals surface area contributed by atoms with Gasteiger partial charge in [-0.1, -0.05) is 41.7 Å². The maximum absolute atomic E-state index is 12.2. The molecular formula is C21H23N5O3S. The maximum atomic E-state index is 12.2. The number of thiazole rings is 1. The summed E-state index contributed by atoms with van der Waals surface area (Å²) in [6.07, 6.45) is 0.137. The number of aromatic nitrogens is 1. The van der Waals surface area contributed by atoms with Gasteiger partial charge in [-0.3, -0.25) is 9.59 Å². The molecule has 0 saturated carbocycles. The molecule has 0 aliphatic heterocycles. The van der Waals surface area contributed by atoms with E-state index in [9.17, 15) is 14.4 Å². The first-order valence-corrected chi connectivity index (χ1v) is 10.2. The van der Waals surface area contributed by atoms with Crippen molar-refractivity contribution in [2.75, 3.05) is 24.2 Å². The first kappa shape index (κ1) is 21.3. The largest absolute Gasteiger partial charge is 0.337 e. The van der Waals surface area contributed by atoms with Crippen LogP contribution in [0.3, 0.4) is 0 Å². The van der Waals surface area contributed by atoms with Gasteiger partial charge in [0.05, 0.1) is 10.2 Å².